The summed E-state index contributed by atoms with van der Waals surface area (Å²) in [5.74, 6) is 0.891. The summed E-state index contributed by atoms with van der Waals surface area (Å²) in [6.45, 7) is 6.38. The van der Waals surface area contributed by atoms with E-state index < -0.39 is 0 Å². The largest absolute Gasteiger partial charge is 0.497 e. The second kappa shape index (κ2) is 5.69. The maximum atomic E-state index is 6.10. The standard InChI is InChI=1S/C11H18ClNOP/c1-4-13(5-2,15-12)10-6-8-11(14-3)9-7-10/h6-9,15H,4-5H2,1-3H3/q+1. The first-order valence-corrected chi connectivity index (χ1v) is 7.08. The molecule has 0 amide bonds. The van der Waals surface area contributed by atoms with Gasteiger partial charge in [-0.15, -0.1) is 0 Å². The van der Waals surface area contributed by atoms with Crippen molar-refractivity contribution in [3.8, 4) is 5.75 Å². The van der Waals surface area contributed by atoms with Crippen LogP contribution in [0.4, 0.5) is 5.69 Å². The van der Waals surface area contributed by atoms with Gasteiger partial charge < -0.3 is 4.74 Å². The smallest absolute Gasteiger partial charge is 0.194 e. The van der Waals surface area contributed by atoms with Crippen molar-refractivity contribution in [1.29, 1.82) is 0 Å². The molecule has 0 fully saturated rings. The Bertz CT molecular complexity index is 290. The van der Waals surface area contributed by atoms with E-state index in [0.717, 1.165) is 23.1 Å². The summed E-state index contributed by atoms with van der Waals surface area (Å²) in [7, 11) is 2.04. The fourth-order valence-corrected chi connectivity index (χ4v) is 3.12. The van der Waals surface area contributed by atoms with Gasteiger partial charge in [-0.25, -0.2) is 0 Å². The van der Waals surface area contributed by atoms with Gasteiger partial charge >= 0.3 is 0 Å². The number of benzene rings is 1. The van der Waals surface area contributed by atoms with Gasteiger partial charge in [0.1, 0.15) is 11.4 Å². The minimum atomic E-state index is 0.363. The number of quaternary nitrogens is 1. The molecule has 0 N–H and O–H groups in total. The molecule has 1 aromatic carbocycles. The Kier molecular flexibility index (Phi) is 4.85. The van der Waals surface area contributed by atoms with Crippen LogP contribution in [0.1, 0.15) is 13.8 Å². The molecule has 15 heavy (non-hydrogen) atoms. The summed E-state index contributed by atoms with van der Waals surface area (Å²) < 4.78 is 5.98. The van der Waals surface area contributed by atoms with E-state index in [-0.39, 0.29) is 0 Å². The van der Waals surface area contributed by atoms with Crippen molar-refractivity contribution >= 4 is 25.0 Å². The van der Waals surface area contributed by atoms with E-state index in [0.29, 0.717) is 8.08 Å². The predicted octanol–water partition coefficient (Wildman–Crippen LogP) is 3.79. The van der Waals surface area contributed by atoms with E-state index >= 15 is 0 Å². The lowest BCUT2D eigenvalue weighted by molar-refractivity contribution is 0.414. The maximum absolute atomic E-state index is 6.10. The number of nitrogens with zero attached hydrogens (tertiary/aromatic N) is 1. The van der Waals surface area contributed by atoms with Crippen LogP contribution >= 0.6 is 19.3 Å². The molecule has 0 heterocycles. The fourth-order valence-electron chi connectivity index (χ4n) is 1.62. The first kappa shape index (κ1) is 12.8. The van der Waals surface area contributed by atoms with E-state index in [9.17, 15) is 0 Å². The average molecular weight is 247 g/mol. The van der Waals surface area contributed by atoms with Crippen molar-refractivity contribution in [3.05, 3.63) is 24.3 Å². The first-order valence-electron chi connectivity index (χ1n) is 5.12. The summed E-state index contributed by atoms with van der Waals surface area (Å²) in [4.78, 5) is 0. The van der Waals surface area contributed by atoms with E-state index in [4.69, 9.17) is 16.0 Å². The molecule has 2 nitrogen and oxygen atoms in total. The molecule has 0 bridgehead atoms. The Labute approximate surface area is 98.4 Å². The molecule has 0 aliphatic rings. The van der Waals surface area contributed by atoms with Gasteiger partial charge in [-0.2, -0.15) is 0 Å². The van der Waals surface area contributed by atoms with Crippen LogP contribution in [-0.2, 0) is 0 Å². The molecular formula is C11H18ClNOP+. The van der Waals surface area contributed by atoms with Crippen molar-refractivity contribution in [3.63, 3.8) is 0 Å². The lowest BCUT2D eigenvalue weighted by Gasteiger charge is -2.33. The Balaban J connectivity index is 3.01. The summed E-state index contributed by atoms with van der Waals surface area (Å²) in [6.07, 6.45) is 0. The Morgan fingerprint density at radius 3 is 2.07 bits per heavy atom. The van der Waals surface area contributed by atoms with Crippen LogP contribution in [0.2, 0.25) is 0 Å². The lowest BCUT2D eigenvalue weighted by atomic mass is 10.2. The van der Waals surface area contributed by atoms with Gasteiger partial charge in [0, 0.05) is 12.1 Å². The quantitative estimate of drug-likeness (QED) is 0.719. The topological polar surface area (TPSA) is 9.23 Å². The highest BCUT2D eigenvalue weighted by Gasteiger charge is 2.25. The molecule has 84 valence electrons. The van der Waals surface area contributed by atoms with Crippen LogP contribution in [0.25, 0.3) is 0 Å². The zero-order chi connectivity index (χ0) is 11.3. The van der Waals surface area contributed by atoms with Crippen molar-refractivity contribution in [2.24, 2.45) is 0 Å². The highest BCUT2D eigenvalue weighted by Crippen LogP contribution is 2.40. The molecule has 0 spiro atoms. The van der Waals surface area contributed by atoms with Gasteiger partial charge in [0.25, 0.3) is 0 Å². The SMILES string of the molecule is CC[N+](CC)(PCl)c1ccc(OC)cc1. The average Bonchev–Trinajstić information content (AvgIpc) is 2.33. The zero-order valence-electron chi connectivity index (χ0n) is 9.46. The van der Waals surface area contributed by atoms with Gasteiger partial charge in [0.15, 0.2) is 8.08 Å². The first-order chi connectivity index (χ1) is 7.22. The van der Waals surface area contributed by atoms with Crippen LogP contribution in [0, 0.1) is 0 Å². The van der Waals surface area contributed by atoms with Crippen LogP contribution in [0.5, 0.6) is 5.75 Å². The number of ether oxygens (including phenoxy) is 1. The predicted molar refractivity (Wildman–Crippen MR) is 70.0 cm³/mol. The number of rotatable bonds is 5. The van der Waals surface area contributed by atoms with Crippen LogP contribution in [0.15, 0.2) is 24.3 Å². The minimum absolute atomic E-state index is 0.363. The molecule has 0 saturated carbocycles. The summed E-state index contributed by atoms with van der Waals surface area (Å²) in [5.41, 5.74) is 1.26. The highest BCUT2D eigenvalue weighted by molar-refractivity contribution is 7.68. The molecule has 1 rings (SSSR count). The number of hydrogen-bond acceptors (Lipinski definition) is 1. The molecule has 1 atom stereocenters. The summed E-state index contributed by atoms with van der Waals surface area (Å²) in [5, 5.41) is 0. The molecular weight excluding hydrogens is 229 g/mol. The van der Waals surface area contributed by atoms with Gasteiger partial charge in [0.2, 0.25) is 0 Å². The van der Waals surface area contributed by atoms with Gasteiger partial charge in [-0.1, -0.05) is 0 Å². The third-order valence-electron chi connectivity index (χ3n) is 2.81. The summed E-state index contributed by atoms with van der Waals surface area (Å²) >= 11 is 6.10. The number of methoxy groups -OCH3 is 1. The molecule has 4 heteroatoms. The van der Waals surface area contributed by atoms with Crippen molar-refractivity contribution in [2.45, 2.75) is 13.8 Å². The fraction of sp³-hybridized carbons (Fsp3) is 0.455. The molecule has 1 aromatic rings. The van der Waals surface area contributed by atoms with Gasteiger partial charge in [-0.3, -0.25) is 4.25 Å². The lowest BCUT2D eigenvalue weighted by Crippen LogP contribution is -2.39. The van der Waals surface area contributed by atoms with E-state index in [1.165, 1.54) is 5.69 Å². The molecule has 0 aliphatic carbocycles. The third kappa shape index (κ3) is 2.63. The Hall–Kier alpha value is -0.300. The van der Waals surface area contributed by atoms with Crippen molar-refractivity contribution in [1.82, 2.24) is 4.25 Å². The monoisotopic (exact) mass is 246 g/mol. The van der Waals surface area contributed by atoms with E-state index in [2.05, 4.69) is 26.0 Å². The molecule has 1 unspecified atom stereocenters. The Morgan fingerprint density at radius 1 is 1.20 bits per heavy atom. The van der Waals surface area contributed by atoms with Crippen LogP contribution < -0.4 is 8.99 Å². The van der Waals surface area contributed by atoms with Crippen molar-refractivity contribution < 1.29 is 4.74 Å². The van der Waals surface area contributed by atoms with Crippen LogP contribution in [-0.4, -0.2) is 20.2 Å². The number of halogens is 1. The molecule has 0 aromatic heterocycles. The van der Waals surface area contributed by atoms with Crippen LogP contribution in [0.3, 0.4) is 0 Å². The normalized spacial score (nSPS) is 12.3. The molecule has 0 radical (unpaired) electrons. The zero-order valence-corrected chi connectivity index (χ0v) is 11.2. The molecule has 0 aliphatic heterocycles. The van der Waals surface area contributed by atoms with E-state index in [1.807, 2.05) is 12.1 Å². The third-order valence-corrected chi connectivity index (χ3v) is 4.99. The molecule has 0 saturated heterocycles. The van der Waals surface area contributed by atoms with Gasteiger partial charge in [0.05, 0.1) is 20.2 Å². The highest BCUT2D eigenvalue weighted by atomic mass is 35.7. The summed E-state index contributed by atoms with van der Waals surface area (Å²) in [6, 6.07) is 8.18. The van der Waals surface area contributed by atoms with Gasteiger partial charge in [-0.05, 0) is 37.2 Å². The second-order valence-electron chi connectivity index (χ2n) is 3.38. The Morgan fingerprint density at radius 2 is 1.73 bits per heavy atom. The second-order valence-corrected chi connectivity index (χ2v) is 4.92. The maximum Gasteiger partial charge on any atom is 0.194 e. The minimum Gasteiger partial charge on any atom is -0.497 e. The van der Waals surface area contributed by atoms with Crippen molar-refractivity contribution in [2.75, 3.05) is 20.2 Å². The number of hydrogen-bond donors (Lipinski definition) is 0. The van der Waals surface area contributed by atoms with E-state index in [1.54, 1.807) is 7.11 Å².